The van der Waals surface area contributed by atoms with Crippen LogP contribution in [0.25, 0.3) is 0 Å². The van der Waals surface area contributed by atoms with Crippen molar-refractivity contribution in [3.8, 4) is 0 Å². The first-order valence-corrected chi connectivity index (χ1v) is 9.22. The lowest BCUT2D eigenvalue weighted by Crippen LogP contribution is -2.51. The summed E-state index contributed by atoms with van der Waals surface area (Å²) < 4.78 is 5.71. The van der Waals surface area contributed by atoms with E-state index >= 15 is 0 Å². The molecule has 1 aliphatic rings. The van der Waals surface area contributed by atoms with Crippen molar-refractivity contribution >= 4 is 6.03 Å². The summed E-state index contributed by atoms with van der Waals surface area (Å²) in [6, 6.07) is -0.113. The summed E-state index contributed by atoms with van der Waals surface area (Å²) in [7, 11) is 0. The molecule has 140 valence electrons. The highest BCUT2D eigenvalue weighted by atomic mass is 16.5. The molecule has 0 aromatic heterocycles. The molecule has 3 N–H and O–H groups in total. The van der Waals surface area contributed by atoms with Gasteiger partial charge in [0.25, 0.3) is 0 Å². The highest BCUT2D eigenvalue weighted by molar-refractivity contribution is 5.74. The number of nitrogens with one attached hydrogen (secondary N) is 3. The first-order valence-electron chi connectivity index (χ1n) is 9.22. The predicted molar refractivity (Wildman–Crippen MR) is 99.6 cm³/mol. The van der Waals surface area contributed by atoms with Crippen molar-refractivity contribution < 1.29 is 9.53 Å². The second kappa shape index (κ2) is 9.19. The van der Waals surface area contributed by atoms with Crippen molar-refractivity contribution in [1.29, 1.82) is 0 Å². The van der Waals surface area contributed by atoms with E-state index in [1.807, 2.05) is 6.92 Å². The molecule has 1 rings (SSSR count). The number of rotatable bonds is 9. The molecule has 2 unspecified atom stereocenters. The van der Waals surface area contributed by atoms with Gasteiger partial charge in [0, 0.05) is 12.6 Å². The fraction of sp³-hybridized carbons (Fsp3) is 0.842. The Morgan fingerprint density at radius 3 is 2.29 bits per heavy atom. The molecule has 0 aliphatic heterocycles. The Balaban J connectivity index is 2.34. The standard InChI is InChI=1S/C19H37N3O2/c1-13(2)17(22-18(23)21-14(3)19(5,6)7)12-24-15(4)20-11-16-9-8-10-16/h13-14,16-17,20H,4,8-12H2,1-3,5-7H3,(H2,21,22,23). The molecule has 2 atom stereocenters. The van der Waals surface area contributed by atoms with Gasteiger partial charge in [-0.2, -0.15) is 0 Å². The Kier molecular flexibility index (Phi) is 7.91. The predicted octanol–water partition coefficient (Wildman–Crippen LogP) is 3.62. The SMILES string of the molecule is C=C(NCC1CCC1)OCC(NC(=O)NC(C)C(C)(C)C)C(C)C. The summed E-state index contributed by atoms with van der Waals surface area (Å²) in [5, 5.41) is 9.26. The van der Waals surface area contributed by atoms with E-state index in [9.17, 15) is 4.79 Å². The smallest absolute Gasteiger partial charge is 0.315 e. The number of urea groups is 1. The van der Waals surface area contributed by atoms with E-state index < -0.39 is 0 Å². The molecule has 0 saturated heterocycles. The number of amides is 2. The molecule has 1 aliphatic carbocycles. The van der Waals surface area contributed by atoms with Gasteiger partial charge in [0.1, 0.15) is 6.61 Å². The maximum absolute atomic E-state index is 12.2. The topological polar surface area (TPSA) is 62.4 Å². The third kappa shape index (κ3) is 7.45. The number of hydrogen-bond donors (Lipinski definition) is 3. The molecular weight excluding hydrogens is 302 g/mol. The average Bonchev–Trinajstić information content (AvgIpc) is 2.40. The molecule has 1 fully saturated rings. The molecule has 2 amide bonds. The average molecular weight is 340 g/mol. The van der Waals surface area contributed by atoms with Gasteiger partial charge in [-0.05, 0) is 43.6 Å². The van der Waals surface area contributed by atoms with Gasteiger partial charge in [-0.25, -0.2) is 4.79 Å². The van der Waals surface area contributed by atoms with Gasteiger partial charge in [0.05, 0.1) is 6.04 Å². The lowest BCUT2D eigenvalue weighted by Gasteiger charge is -2.30. The molecule has 5 nitrogen and oxygen atoms in total. The minimum absolute atomic E-state index is 0.0287. The van der Waals surface area contributed by atoms with Crippen LogP contribution in [0.3, 0.4) is 0 Å². The van der Waals surface area contributed by atoms with Crippen LogP contribution in [0.5, 0.6) is 0 Å². The zero-order valence-corrected chi connectivity index (χ0v) is 16.4. The maximum Gasteiger partial charge on any atom is 0.315 e. The van der Waals surface area contributed by atoms with E-state index in [4.69, 9.17) is 4.74 Å². The van der Waals surface area contributed by atoms with Crippen LogP contribution in [0, 0.1) is 17.3 Å². The van der Waals surface area contributed by atoms with Gasteiger partial charge in [-0.15, -0.1) is 0 Å². The van der Waals surface area contributed by atoms with Crippen molar-refractivity contribution in [3.05, 3.63) is 12.5 Å². The largest absolute Gasteiger partial charge is 0.478 e. The Labute approximate surface area is 148 Å². The summed E-state index contributed by atoms with van der Waals surface area (Å²) in [6.07, 6.45) is 3.92. The molecule has 5 heteroatoms. The van der Waals surface area contributed by atoms with Crippen molar-refractivity contribution in [2.45, 2.75) is 72.9 Å². The molecule has 0 aromatic rings. The van der Waals surface area contributed by atoms with Crippen LogP contribution in [-0.4, -0.2) is 31.3 Å². The van der Waals surface area contributed by atoms with Gasteiger partial charge in [-0.1, -0.05) is 41.0 Å². The van der Waals surface area contributed by atoms with Crippen LogP contribution in [0.2, 0.25) is 0 Å². The molecular formula is C19H37N3O2. The van der Waals surface area contributed by atoms with Crippen LogP contribution in [-0.2, 0) is 4.74 Å². The Morgan fingerprint density at radius 1 is 1.21 bits per heavy atom. The minimum Gasteiger partial charge on any atom is -0.478 e. The molecule has 24 heavy (non-hydrogen) atoms. The van der Waals surface area contributed by atoms with Crippen molar-refractivity contribution in [2.24, 2.45) is 17.3 Å². The Hall–Kier alpha value is -1.39. The lowest BCUT2D eigenvalue weighted by molar-refractivity contribution is 0.139. The van der Waals surface area contributed by atoms with E-state index in [1.54, 1.807) is 0 Å². The van der Waals surface area contributed by atoms with E-state index in [1.165, 1.54) is 19.3 Å². The summed E-state index contributed by atoms with van der Waals surface area (Å²) in [5.74, 6) is 1.63. The monoisotopic (exact) mass is 339 g/mol. The second-order valence-corrected chi connectivity index (χ2v) is 8.47. The van der Waals surface area contributed by atoms with Crippen LogP contribution in [0.15, 0.2) is 12.5 Å². The summed E-state index contributed by atoms with van der Waals surface area (Å²) >= 11 is 0. The van der Waals surface area contributed by atoms with Gasteiger partial charge >= 0.3 is 6.03 Å². The van der Waals surface area contributed by atoms with Crippen LogP contribution in [0.1, 0.15) is 60.8 Å². The van der Waals surface area contributed by atoms with Crippen LogP contribution in [0.4, 0.5) is 4.79 Å². The first kappa shape index (κ1) is 20.7. The Bertz CT molecular complexity index is 411. The number of hydrogen-bond acceptors (Lipinski definition) is 3. The van der Waals surface area contributed by atoms with Crippen LogP contribution < -0.4 is 16.0 Å². The normalized spacial score (nSPS) is 17.6. The van der Waals surface area contributed by atoms with E-state index in [0.717, 1.165) is 12.5 Å². The third-order valence-corrected chi connectivity index (χ3v) is 5.02. The molecule has 0 bridgehead atoms. The highest BCUT2D eigenvalue weighted by Crippen LogP contribution is 2.25. The van der Waals surface area contributed by atoms with Crippen LogP contribution >= 0.6 is 0 Å². The highest BCUT2D eigenvalue weighted by Gasteiger charge is 2.24. The van der Waals surface area contributed by atoms with Crippen molar-refractivity contribution in [2.75, 3.05) is 13.2 Å². The summed E-state index contributed by atoms with van der Waals surface area (Å²) in [5.41, 5.74) is 0.0287. The van der Waals surface area contributed by atoms with E-state index in [-0.39, 0.29) is 29.4 Å². The quantitative estimate of drug-likeness (QED) is 0.562. The summed E-state index contributed by atoms with van der Waals surface area (Å²) in [4.78, 5) is 12.2. The fourth-order valence-corrected chi connectivity index (χ4v) is 2.22. The van der Waals surface area contributed by atoms with Gasteiger partial charge in [0.15, 0.2) is 5.88 Å². The zero-order valence-electron chi connectivity index (χ0n) is 16.4. The minimum atomic E-state index is -0.146. The zero-order chi connectivity index (χ0) is 18.3. The van der Waals surface area contributed by atoms with Gasteiger partial charge < -0.3 is 20.7 Å². The van der Waals surface area contributed by atoms with E-state index in [0.29, 0.717) is 12.5 Å². The second-order valence-electron chi connectivity index (χ2n) is 8.47. The third-order valence-electron chi connectivity index (χ3n) is 5.02. The molecule has 0 heterocycles. The molecule has 0 radical (unpaired) electrons. The molecule has 1 saturated carbocycles. The molecule has 0 spiro atoms. The number of ether oxygens (including phenoxy) is 1. The first-order chi connectivity index (χ1) is 11.1. The lowest BCUT2D eigenvalue weighted by atomic mass is 9.85. The van der Waals surface area contributed by atoms with E-state index in [2.05, 4.69) is 57.1 Å². The number of carbonyl (C=O) groups excluding carboxylic acids is 1. The van der Waals surface area contributed by atoms with Crippen molar-refractivity contribution in [1.82, 2.24) is 16.0 Å². The van der Waals surface area contributed by atoms with Gasteiger partial charge in [0.2, 0.25) is 0 Å². The Morgan fingerprint density at radius 2 is 1.83 bits per heavy atom. The summed E-state index contributed by atoms with van der Waals surface area (Å²) in [6.45, 7) is 17.8. The fourth-order valence-electron chi connectivity index (χ4n) is 2.22. The molecule has 0 aromatic carbocycles. The maximum atomic E-state index is 12.2. The van der Waals surface area contributed by atoms with Gasteiger partial charge in [-0.3, -0.25) is 0 Å². The van der Waals surface area contributed by atoms with Crippen molar-refractivity contribution in [3.63, 3.8) is 0 Å². The number of carbonyl (C=O) groups is 1.